The molecule has 1 saturated heterocycles. The van der Waals surface area contributed by atoms with Crippen LogP contribution in [0.15, 0.2) is 60.7 Å². The van der Waals surface area contributed by atoms with E-state index in [4.69, 9.17) is 14.2 Å². The largest absolute Gasteiger partial charge is 0.507 e. The van der Waals surface area contributed by atoms with E-state index >= 15 is 0 Å². The van der Waals surface area contributed by atoms with Crippen LogP contribution in [0.1, 0.15) is 56.3 Å². The molecule has 0 saturated carbocycles. The van der Waals surface area contributed by atoms with E-state index in [0.29, 0.717) is 61.1 Å². The van der Waals surface area contributed by atoms with Crippen molar-refractivity contribution in [2.75, 3.05) is 20.3 Å². The van der Waals surface area contributed by atoms with Crippen molar-refractivity contribution >= 4 is 17.4 Å². The molecule has 216 valence electrons. The molecule has 1 aromatic heterocycles. The minimum absolute atomic E-state index is 0.0391. The second kappa shape index (κ2) is 12.1. The fourth-order valence-electron chi connectivity index (χ4n) is 5.40. The Bertz CT molecular complexity index is 1450. The number of carbonyl (C=O) groups is 2. The minimum Gasteiger partial charge on any atom is -0.507 e. The van der Waals surface area contributed by atoms with Gasteiger partial charge in [0.1, 0.15) is 17.6 Å². The molecule has 1 N–H and O–H groups in total. The van der Waals surface area contributed by atoms with Crippen LogP contribution in [-0.4, -0.2) is 57.6 Å². The highest BCUT2D eigenvalue weighted by atomic mass is 16.5. The Kier molecular flexibility index (Phi) is 8.33. The molecule has 9 nitrogen and oxygen atoms in total. The van der Waals surface area contributed by atoms with Crippen LogP contribution in [0, 0.1) is 5.92 Å². The van der Waals surface area contributed by atoms with Crippen LogP contribution in [0.2, 0.25) is 0 Å². The van der Waals surface area contributed by atoms with Crippen molar-refractivity contribution in [1.82, 2.24) is 14.5 Å². The Hall–Kier alpha value is -4.27. The average molecular weight is 560 g/mol. The van der Waals surface area contributed by atoms with E-state index in [1.807, 2.05) is 29.8 Å². The number of likely N-dealkylation sites (tertiary alicyclic amines) is 1. The Morgan fingerprint density at radius 2 is 1.98 bits per heavy atom. The monoisotopic (exact) mass is 559 g/mol. The number of aryl methyl sites for hydroxylation is 1. The number of aliphatic hydroxyl groups excluding tert-OH is 1. The molecule has 5 rings (SSSR count). The summed E-state index contributed by atoms with van der Waals surface area (Å²) in [5.74, 6) is 0.789. The first-order valence-electron chi connectivity index (χ1n) is 14.1. The maximum Gasteiger partial charge on any atom is 0.295 e. The topological polar surface area (TPSA) is 103 Å². The average Bonchev–Trinajstić information content (AvgIpc) is 3.66. The summed E-state index contributed by atoms with van der Waals surface area (Å²) < 4.78 is 19.3. The van der Waals surface area contributed by atoms with Crippen molar-refractivity contribution < 1.29 is 28.9 Å². The third kappa shape index (κ3) is 5.94. The number of ketones is 1. The molecule has 0 aliphatic carbocycles. The number of nitrogens with zero attached hydrogens (tertiary/aromatic N) is 3. The summed E-state index contributed by atoms with van der Waals surface area (Å²) >= 11 is 0. The number of ether oxygens (including phenoxy) is 3. The number of aliphatic hydroxyl groups is 1. The van der Waals surface area contributed by atoms with Gasteiger partial charge in [-0.05, 0) is 67.1 Å². The number of imidazole rings is 1. The molecule has 0 unspecified atom stereocenters. The van der Waals surface area contributed by atoms with E-state index in [1.54, 1.807) is 43.9 Å². The van der Waals surface area contributed by atoms with Crippen molar-refractivity contribution in [2.24, 2.45) is 5.92 Å². The van der Waals surface area contributed by atoms with E-state index in [9.17, 15) is 14.7 Å². The predicted octanol–water partition coefficient (Wildman–Crippen LogP) is 5.15. The van der Waals surface area contributed by atoms with Crippen molar-refractivity contribution in [2.45, 2.75) is 58.7 Å². The van der Waals surface area contributed by atoms with E-state index in [2.05, 4.69) is 18.8 Å². The summed E-state index contributed by atoms with van der Waals surface area (Å²) in [7, 11) is 1.56. The van der Waals surface area contributed by atoms with E-state index in [1.165, 1.54) is 4.90 Å². The van der Waals surface area contributed by atoms with Crippen LogP contribution >= 0.6 is 0 Å². The zero-order chi connectivity index (χ0) is 29.1. The molecule has 1 fully saturated rings. The first kappa shape index (κ1) is 28.3. The number of rotatable bonds is 11. The SMILES string of the molecule is COc1cc([C@H]2C(=C(O)c3ccc4c(c3)C[C@@H](C)O4)C(=O)C(=O)N2CCCn2ccnc2)ccc1OCCC(C)C. The van der Waals surface area contributed by atoms with Crippen LogP contribution in [0.25, 0.3) is 5.76 Å². The van der Waals surface area contributed by atoms with Crippen molar-refractivity contribution in [3.05, 3.63) is 77.4 Å². The molecular weight excluding hydrogens is 522 g/mol. The van der Waals surface area contributed by atoms with Gasteiger partial charge in [-0.25, -0.2) is 4.98 Å². The van der Waals surface area contributed by atoms with Gasteiger partial charge in [0.25, 0.3) is 11.7 Å². The van der Waals surface area contributed by atoms with Gasteiger partial charge < -0.3 is 28.8 Å². The van der Waals surface area contributed by atoms with Crippen molar-refractivity contribution in [1.29, 1.82) is 0 Å². The van der Waals surface area contributed by atoms with E-state index < -0.39 is 17.7 Å². The maximum absolute atomic E-state index is 13.5. The van der Waals surface area contributed by atoms with Crippen LogP contribution in [-0.2, 0) is 22.6 Å². The number of aromatic nitrogens is 2. The minimum atomic E-state index is -0.792. The number of fused-ring (bicyclic) bond motifs is 1. The first-order chi connectivity index (χ1) is 19.8. The first-order valence-corrected chi connectivity index (χ1v) is 14.1. The van der Waals surface area contributed by atoms with Gasteiger partial charge in [-0.3, -0.25) is 9.59 Å². The Morgan fingerprint density at radius 1 is 1.15 bits per heavy atom. The summed E-state index contributed by atoms with van der Waals surface area (Å²) in [6, 6.07) is 9.99. The molecule has 1 amide bonds. The van der Waals surface area contributed by atoms with Crippen LogP contribution in [0.3, 0.4) is 0 Å². The Balaban J connectivity index is 1.52. The molecule has 0 spiro atoms. The number of hydrogen-bond acceptors (Lipinski definition) is 7. The second-order valence-corrected chi connectivity index (χ2v) is 11.0. The molecule has 0 radical (unpaired) electrons. The lowest BCUT2D eigenvalue weighted by atomic mass is 9.94. The third-order valence-corrected chi connectivity index (χ3v) is 7.54. The standard InChI is InChI=1S/C32H37N3O6/c1-20(2)10-15-40-26-9-6-22(18-27(26)39-4)29-28(30(36)23-7-8-25-24(17-23)16-21(3)41-25)31(37)32(38)35(29)13-5-12-34-14-11-33-19-34/h6-9,11,14,17-21,29,36H,5,10,12-13,15-16H2,1-4H3/t21-,29+/m1/s1. The highest BCUT2D eigenvalue weighted by Crippen LogP contribution is 2.43. The maximum atomic E-state index is 13.5. The summed E-state index contributed by atoms with van der Waals surface area (Å²) in [5.41, 5.74) is 2.14. The summed E-state index contributed by atoms with van der Waals surface area (Å²) in [6.07, 6.45) is 7.51. The van der Waals surface area contributed by atoms with Gasteiger partial charge in [0.05, 0.1) is 31.7 Å². The molecule has 2 atom stereocenters. The molecule has 0 bridgehead atoms. The van der Waals surface area contributed by atoms with Gasteiger partial charge in [-0.1, -0.05) is 19.9 Å². The van der Waals surface area contributed by atoms with Gasteiger partial charge in [-0.2, -0.15) is 0 Å². The smallest absolute Gasteiger partial charge is 0.295 e. The molecule has 9 heteroatoms. The lowest BCUT2D eigenvalue weighted by Crippen LogP contribution is -2.31. The summed E-state index contributed by atoms with van der Waals surface area (Å²) in [6.45, 7) is 7.74. The van der Waals surface area contributed by atoms with Gasteiger partial charge in [0.2, 0.25) is 0 Å². The Labute approximate surface area is 240 Å². The fourth-order valence-corrected chi connectivity index (χ4v) is 5.40. The summed E-state index contributed by atoms with van der Waals surface area (Å²) in [4.78, 5) is 32.5. The van der Waals surface area contributed by atoms with E-state index in [-0.39, 0.29) is 17.4 Å². The number of amides is 1. The third-order valence-electron chi connectivity index (χ3n) is 7.54. The van der Waals surface area contributed by atoms with Crippen molar-refractivity contribution in [3.8, 4) is 17.2 Å². The fraction of sp³-hybridized carbons (Fsp3) is 0.406. The van der Waals surface area contributed by atoms with E-state index in [0.717, 1.165) is 17.7 Å². The number of carbonyl (C=O) groups excluding carboxylic acids is 2. The van der Waals surface area contributed by atoms with Gasteiger partial charge >= 0.3 is 0 Å². The number of methoxy groups -OCH3 is 1. The van der Waals surface area contributed by atoms with Crippen LogP contribution in [0.4, 0.5) is 0 Å². The van der Waals surface area contributed by atoms with Gasteiger partial charge in [-0.15, -0.1) is 0 Å². The summed E-state index contributed by atoms with van der Waals surface area (Å²) in [5, 5.41) is 11.6. The lowest BCUT2D eigenvalue weighted by molar-refractivity contribution is -0.139. The van der Waals surface area contributed by atoms with Crippen molar-refractivity contribution in [3.63, 3.8) is 0 Å². The normalized spacial score (nSPS) is 19.5. The number of Topliss-reactive ketones (excluding diaryl/α,β-unsaturated/α-hetero) is 1. The highest BCUT2D eigenvalue weighted by molar-refractivity contribution is 6.46. The number of benzene rings is 2. The second-order valence-electron chi connectivity index (χ2n) is 11.0. The molecule has 2 aliphatic heterocycles. The Morgan fingerprint density at radius 3 is 2.71 bits per heavy atom. The zero-order valence-corrected chi connectivity index (χ0v) is 24.0. The van der Waals surface area contributed by atoms with Crippen LogP contribution < -0.4 is 14.2 Å². The van der Waals surface area contributed by atoms with Gasteiger partial charge in [0, 0.05) is 37.5 Å². The predicted molar refractivity (Wildman–Crippen MR) is 154 cm³/mol. The quantitative estimate of drug-likeness (QED) is 0.197. The molecule has 41 heavy (non-hydrogen) atoms. The lowest BCUT2D eigenvalue weighted by Gasteiger charge is -2.26. The molecule has 3 aromatic rings. The molecule has 2 aromatic carbocycles. The molecule has 3 heterocycles. The highest BCUT2D eigenvalue weighted by Gasteiger charge is 2.46. The molecular formula is C32H37N3O6. The number of hydrogen-bond donors (Lipinski definition) is 1. The van der Waals surface area contributed by atoms with Gasteiger partial charge in [0.15, 0.2) is 11.5 Å². The zero-order valence-electron chi connectivity index (χ0n) is 24.0. The molecule has 2 aliphatic rings. The van der Waals surface area contributed by atoms with Crippen LogP contribution in [0.5, 0.6) is 17.2 Å².